The van der Waals surface area contributed by atoms with Crippen molar-refractivity contribution in [2.75, 3.05) is 0 Å². The van der Waals surface area contributed by atoms with Crippen LogP contribution < -0.4 is 0 Å². The van der Waals surface area contributed by atoms with E-state index in [1.165, 1.54) is 26.8 Å². The molecule has 8 aromatic rings. The van der Waals surface area contributed by atoms with Crippen molar-refractivity contribution in [1.82, 2.24) is 0 Å². The van der Waals surface area contributed by atoms with E-state index in [4.69, 9.17) is 0 Å². The Morgan fingerprint density at radius 2 is 0.454 bits per heavy atom. The predicted molar refractivity (Wildman–Crippen MR) is 331 cm³/mol. The Morgan fingerprint density at radius 1 is 0.258 bits per heavy atom. The van der Waals surface area contributed by atoms with E-state index < -0.39 is 211 Å². The first-order valence-electron chi connectivity index (χ1n) is 27.3. The van der Waals surface area contributed by atoms with Crippen LogP contribution in [0.5, 0.6) is 46.0 Å². The van der Waals surface area contributed by atoms with Gasteiger partial charge in [0.05, 0.1) is 86.4 Å². The monoisotopic (exact) mass is 1340 g/mol. The zero-order valence-corrected chi connectivity index (χ0v) is 49.9. The minimum atomic E-state index is -1.60. The number of azo groups is 4. The standard InChI is InChI=1S/C57H44N16O24/c1-23(2)40-20-41(53(77)48(52(40)76)63-59-28-10-33(68(86)87)17-34(11-28)69(88)89)25(4)44-22-45(57(81)50(56(44)80)65-61-30-14-37(72(94)95)19-38(15-30)73(96)97)26(5)43-21-42(54(78)49(55(43)79)64-60-29-12-35(70(90)91)18-36(13-29)71(92)93)24(3)39-6-7-46(74)47(51(39)75)62-58-27-8-31(66(82)83)16-32(9-27)67(84)85/h6-26,74-81H,1-5H3. The lowest BCUT2D eigenvalue weighted by molar-refractivity contribution is -0.394. The minimum Gasteiger partial charge on any atom is -0.505 e. The molecule has 8 aromatic carbocycles. The fraction of sp³-hybridized carbons (Fsp3) is 0.158. The minimum absolute atomic E-state index is 0.0124. The van der Waals surface area contributed by atoms with E-state index >= 15 is 0 Å². The Kier molecular flexibility index (Phi) is 19.3. The molecule has 8 rings (SSSR count). The van der Waals surface area contributed by atoms with Gasteiger partial charge in [0.15, 0.2) is 57.2 Å². The third-order valence-corrected chi connectivity index (χ3v) is 14.8. The first kappa shape index (κ1) is 68.7. The lowest BCUT2D eigenvalue weighted by Gasteiger charge is -2.25. The molecule has 0 aromatic heterocycles. The van der Waals surface area contributed by atoms with Crippen LogP contribution in [-0.2, 0) is 0 Å². The number of nitrogens with zero attached hydrogens (tertiary/aromatic N) is 16. The van der Waals surface area contributed by atoms with Crippen LogP contribution in [0.4, 0.5) is 91.0 Å². The predicted octanol–water partition coefficient (Wildman–Crippen LogP) is 15.8. The van der Waals surface area contributed by atoms with Gasteiger partial charge < -0.3 is 40.9 Å². The number of nitro benzene ring substituents is 8. The van der Waals surface area contributed by atoms with E-state index in [1.807, 2.05) is 0 Å². The van der Waals surface area contributed by atoms with E-state index in [0.29, 0.717) is 24.3 Å². The Morgan fingerprint density at radius 3 is 0.680 bits per heavy atom. The topological polar surface area (TPSA) is 606 Å². The molecule has 0 heterocycles. The van der Waals surface area contributed by atoms with Crippen molar-refractivity contribution in [2.45, 2.75) is 58.3 Å². The van der Waals surface area contributed by atoms with Crippen molar-refractivity contribution in [3.63, 3.8) is 0 Å². The van der Waals surface area contributed by atoms with Crippen LogP contribution in [-0.4, -0.2) is 80.2 Å². The molecule has 8 N–H and O–H groups in total. The first-order valence-corrected chi connectivity index (χ1v) is 27.3. The van der Waals surface area contributed by atoms with Crippen LogP contribution in [0.15, 0.2) is 144 Å². The lowest BCUT2D eigenvalue weighted by atomic mass is 9.82. The van der Waals surface area contributed by atoms with Crippen molar-refractivity contribution < 1.29 is 80.2 Å². The van der Waals surface area contributed by atoms with Gasteiger partial charge in [-0.3, -0.25) is 80.9 Å². The molecule has 0 aliphatic rings. The van der Waals surface area contributed by atoms with Gasteiger partial charge in [0.1, 0.15) is 11.5 Å². The summed E-state index contributed by atoms with van der Waals surface area (Å²) in [6.07, 6.45) is 0. The number of non-ortho nitro benzene ring substituents is 8. The highest BCUT2D eigenvalue weighted by Gasteiger charge is 2.34. The molecular weight excluding hydrogens is 1290 g/mol. The fourth-order valence-electron chi connectivity index (χ4n) is 9.80. The molecule has 0 aliphatic heterocycles. The van der Waals surface area contributed by atoms with Gasteiger partial charge in [0.2, 0.25) is 0 Å². The molecule has 97 heavy (non-hydrogen) atoms. The molecule has 0 saturated carbocycles. The molecule has 3 unspecified atom stereocenters. The highest BCUT2D eigenvalue weighted by atomic mass is 16.7. The normalized spacial score (nSPS) is 12.6. The van der Waals surface area contributed by atoms with E-state index in [-0.39, 0.29) is 27.8 Å². The maximum absolute atomic E-state index is 12.4. The number of aromatic hydroxyl groups is 8. The highest BCUT2D eigenvalue weighted by molar-refractivity contribution is 5.76. The van der Waals surface area contributed by atoms with Crippen LogP contribution >= 0.6 is 0 Å². The number of rotatable bonds is 23. The van der Waals surface area contributed by atoms with Crippen molar-refractivity contribution in [3.05, 3.63) is 223 Å². The third kappa shape index (κ3) is 14.3. The molecular formula is C57H44N16O24. The Bertz CT molecular complexity index is 4720. The van der Waals surface area contributed by atoms with Gasteiger partial charge in [-0.25, -0.2) is 0 Å². The van der Waals surface area contributed by atoms with E-state index in [2.05, 4.69) is 40.9 Å². The number of phenolic OH excluding ortho intramolecular Hbond substituents is 8. The summed E-state index contributed by atoms with van der Waals surface area (Å²) < 4.78 is 0. The summed E-state index contributed by atoms with van der Waals surface area (Å²) in [5.74, 6) is -12.7. The molecule has 40 heteroatoms. The molecule has 0 amide bonds. The number of nitro groups is 8. The highest BCUT2D eigenvalue weighted by Crippen LogP contribution is 2.56. The zero-order valence-electron chi connectivity index (χ0n) is 49.9. The second kappa shape index (κ2) is 27.3. The van der Waals surface area contributed by atoms with Crippen LogP contribution in [0.25, 0.3) is 0 Å². The number of hydrogen-bond donors (Lipinski definition) is 8. The van der Waals surface area contributed by atoms with E-state index in [0.717, 1.165) is 72.8 Å². The maximum Gasteiger partial charge on any atom is 0.278 e. The summed E-state index contributed by atoms with van der Waals surface area (Å²) in [6, 6.07) is 13.9. The van der Waals surface area contributed by atoms with E-state index in [1.54, 1.807) is 13.8 Å². The lowest BCUT2D eigenvalue weighted by Crippen LogP contribution is -2.06. The van der Waals surface area contributed by atoms with Crippen molar-refractivity contribution in [2.24, 2.45) is 40.9 Å². The molecule has 496 valence electrons. The van der Waals surface area contributed by atoms with Crippen LogP contribution in [0.3, 0.4) is 0 Å². The molecule has 0 fully saturated rings. The number of hydrogen-bond acceptors (Lipinski definition) is 32. The van der Waals surface area contributed by atoms with Gasteiger partial charge >= 0.3 is 0 Å². The Hall–Kier alpha value is -14.2. The summed E-state index contributed by atoms with van der Waals surface area (Å²) in [4.78, 5) is 86.3. The van der Waals surface area contributed by atoms with Gasteiger partial charge in [-0.15, -0.1) is 40.9 Å². The van der Waals surface area contributed by atoms with Gasteiger partial charge in [0, 0.05) is 99.7 Å². The summed E-state index contributed by atoms with van der Waals surface area (Å²) in [7, 11) is 0. The fourth-order valence-corrected chi connectivity index (χ4v) is 9.80. The smallest absolute Gasteiger partial charge is 0.278 e. The number of phenols is 8. The van der Waals surface area contributed by atoms with Crippen LogP contribution in [0, 0.1) is 80.9 Å². The van der Waals surface area contributed by atoms with Gasteiger partial charge in [0.25, 0.3) is 45.5 Å². The SMILES string of the molecule is CC(C)c1cc(C(C)c2cc(C(C)c3cc(C(C)c4ccc(O)c(N=Nc5cc([N+](=O)[O-])cc([N+](=O)[O-])c5)c4O)c(O)c(N=Nc4cc([N+](=O)[O-])cc([N+](=O)[O-])c4)c3O)c(O)c(N=Nc3cc([N+](=O)[O-])cc([N+](=O)[O-])c3)c2O)c(O)c(N=Nc2cc([N+](=O)[O-])cc([N+](=O)[O-])c2)c1O. The summed E-state index contributed by atoms with van der Waals surface area (Å²) in [6.45, 7) is 7.04. The Labute approximate surface area is 537 Å². The average molecular weight is 1340 g/mol. The molecule has 0 aliphatic carbocycles. The quantitative estimate of drug-likeness (QED) is 0.0167. The second-order valence-corrected chi connectivity index (χ2v) is 21.2. The van der Waals surface area contributed by atoms with E-state index in [9.17, 15) is 122 Å². The maximum atomic E-state index is 12.4. The summed E-state index contributed by atoms with van der Waals surface area (Å²) in [5.41, 5.74) is -14.4. The van der Waals surface area contributed by atoms with Gasteiger partial charge in [-0.05, 0) is 35.7 Å². The average Bonchev–Trinajstić information content (AvgIpc) is 0.756. The van der Waals surface area contributed by atoms with Gasteiger partial charge in [-0.2, -0.15) is 0 Å². The molecule has 40 nitrogen and oxygen atoms in total. The first-order chi connectivity index (χ1) is 45.6. The molecule has 3 atom stereocenters. The summed E-state index contributed by atoms with van der Waals surface area (Å²) in [5, 5.41) is 221. The van der Waals surface area contributed by atoms with Crippen molar-refractivity contribution in [3.8, 4) is 46.0 Å². The molecule has 0 bridgehead atoms. The number of benzene rings is 8. The molecule has 0 saturated heterocycles. The molecule has 0 radical (unpaired) electrons. The second-order valence-electron chi connectivity index (χ2n) is 21.2. The third-order valence-electron chi connectivity index (χ3n) is 14.8. The van der Waals surface area contributed by atoms with Crippen molar-refractivity contribution in [1.29, 1.82) is 0 Å². The van der Waals surface area contributed by atoms with Crippen molar-refractivity contribution >= 4 is 91.0 Å². The van der Waals surface area contributed by atoms with Crippen LogP contribution in [0.2, 0.25) is 0 Å². The van der Waals surface area contributed by atoms with Crippen LogP contribution in [0.1, 0.15) is 97.2 Å². The Balaban J connectivity index is 1.39. The summed E-state index contributed by atoms with van der Waals surface area (Å²) >= 11 is 0. The largest absolute Gasteiger partial charge is 0.505 e. The zero-order chi connectivity index (χ0) is 71.5. The van der Waals surface area contributed by atoms with Gasteiger partial charge in [-0.1, -0.05) is 40.7 Å². The molecule has 0 spiro atoms.